The van der Waals surface area contributed by atoms with Crippen molar-refractivity contribution in [3.05, 3.63) is 0 Å². The molecule has 0 bridgehead atoms. The van der Waals surface area contributed by atoms with E-state index in [1.807, 2.05) is 0 Å². The Hall–Kier alpha value is -0.240. The van der Waals surface area contributed by atoms with Crippen LogP contribution in [0.15, 0.2) is 0 Å². The van der Waals surface area contributed by atoms with Gasteiger partial charge in [-0.15, -0.1) is 0 Å². The molecule has 0 aliphatic carbocycles. The van der Waals surface area contributed by atoms with Crippen molar-refractivity contribution in [2.75, 3.05) is 24.7 Å². The number of nitriles is 1. The van der Waals surface area contributed by atoms with E-state index in [-0.39, 0.29) is 6.61 Å². The molecular formula is C6H10N2OS. The van der Waals surface area contributed by atoms with Crippen LogP contribution in [-0.4, -0.2) is 35.3 Å². The number of nitrogens with one attached hydrogen (secondary N) is 1. The normalized spacial score (nSPS) is 33.2. The van der Waals surface area contributed by atoms with Crippen molar-refractivity contribution < 1.29 is 5.11 Å². The Morgan fingerprint density at radius 1 is 1.80 bits per heavy atom. The minimum atomic E-state index is -0.664. The SMILES string of the molecule is N#C[C@@]1(CO)CSCCN1. The van der Waals surface area contributed by atoms with Crippen LogP contribution in [0.25, 0.3) is 0 Å². The van der Waals surface area contributed by atoms with Crippen molar-refractivity contribution in [3.63, 3.8) is 0 Å². The lowest BCUT2D eigenvalue weighted by atomic mass is 10.1. The summed E-state index contributed by atoms with van der Waals surface area (Å²) in [5.41, 5.74) is -0.664. The Morgan fingerprint density at radius 3 is 2.90 bits per heavy atom. The zero-order valence-corrected chi connectivity index (χ0v) is 6.45. The first-order valence-electron chi connectivity index (χ1n) is 3.18. The molecule has 1 saturated heterocycles. The molecule has 1 heterocycles. The molecule has 56 valence electrons. The number of hydrogen-bond acceptors (Lipinski definition) is 4. The molecular weight excluding hydrogens is 148 g/mol. The average Bonchev–Trinajstić information content (AvgIpc) is 2.06. The zero-order valence-electron chi connectivity index (χ0n) is 5.63. The van der Waals surface area contributed by atoms with Crippen molar-refractivity contribution in [1.29, 1.82) is 5.26 Å². The molecule has 0 saturated carbocycles. The zero-order chi connectivity index (χ0) is 7.45. The minimum absolute atomic E-state index is 0.0868. The Bertz CT molecular complexity index is 148. The summed E-state index contributed by atoms with van der Waals surface area (Å²) >= 11 is 1.71. The monoisotopic (exact) mass is 158 g/mol. The second kappa shape index (κ2) is 3.24. The van der Waals surface area contributed by atoms with Crippen molar-refractivity contribution in [2.45, 2.75) is 5.54 Å². The minimum Gasteiger partial charge on any atom is -0.393 e. The Labute approximate surface area is 64.4 Å². The number of nitrogens with zero attached hydrogens (tertiary/aromatic N) is 1. The second-order valence-corrected chi connectivity index (χ2v) is 3.44. The van der Waals surface area contributed by atoms with Crippen molar-refractivity contribution in [3.8, 4) is 6.07 Å². The summed E-state index contributed by atoms with van der Waals surface area (Å²) in [5, 5.41) is 20.5. The maximum Gasteiger partial charge on any atom is 0.139 e. The molecule has 0 spiro atoms. The third-order valence-corrected chi connectivity index (χ3v) is 2.73. The lowest BCUT2D eigenvalue weighted by molar-refractivity contribution is 0.216. The van der Waals surface area contributed by atoms with Crippen LogP contribution in [0, 0.1) is 11.3 Å². The first-order valence-corrected chi connectivity index (χ1v) is 4.33. The van der Waals surface area contributed by atoms with E-state index in [1.54, 1.807) is 11.8 Å². The molecule has 1 fully saturated rings. The van der Waals surface area contributed by atoms with Crippen LogP contribution in [0.2, 0.25) is 0 Å². The van der Waals surface area contributed by atoms with E-state index in [1.165, 1.54) is 0 Å². The van der Waals surface area contributed by atoms with Crippen molar-refractivity contribution >= 4 is 11.8 Å². The van der Waals surface area contributed by atoms with E-state index in [2.05, 4.69) is 11.4 Å². The van der Waals surface area contributed by atoms with Gasteiger partial charge in [-0.25, -0.2) is 0 Å². The average molecular weight is 158 g/mol. The summed E-state index contributed by atoms with van der Waals surface area (Å²) in [7, 11) is 0. The fourth-order valence-electron chi connectivity index (χ4n) is 0.869. The number of rotatable bonds is 1. The third-order valence-electron chi connectivity index (χ3n) is 1.54. The molecule has 1 rings (SSSR count). The van der Waals surface area contributed by atoms with Crippen LogP contribution in [0.3, 0.4) is 0 Å². The van der Waals surface area contributed by atoms with E-state index in [0.717, 1.165) is 12.3 Å². The molecule has 1 aliphatic rings. The summed E-state index contributed by atoms with van der Waals surface area (Å²) in [4.78, 5) is 0. The van der Waals surface area contributed by atoms with Gasteiger partial charge in [0.1, 0.15) is 5.54 Å². The van der Waals surface area contributed by atoms with Crippen LogP contribution >= 0.6 is 11.8 Å². The van der Waals surface area contributed by atoms with Gasteiger partial charge in [0.15, 0.2) is 0 Å². The fourth-order valence-corrected chi connectivity index (χ4v) is 1.87. The molecule has 4 heteroatoms. The summed E-state index contributed by atoms with van der Waals surface area (Å²) in [5.74, 6) is 1.73. The summed E-state index contributed by atoms with van der Waals surface area (Å²) in [6, 6.07) is 2.09. The first kappa shape index (κ1) is 7.86. The largest absolute Gasteiger partial charge is 0.393 e. The maximum absolute atomic E-state index is 8.84. The van der Waals surface area contributed by atoms with E-state index >= 15 is 0 Å². The molecule has 10 heavy (non-hydrogen) atoms. The van der Waals surface area contributed by atoms with Crippen LogP contribution in [0.1, 0.15) is 0 Å². The van der Waals surface area contributed by atoms with Crippen LogP contribution < -0.4 is 5.32 Å². The van der Waals surface area contributed by atoms with Gasteiger partial charge in [0, 0.05) is 18.1 Å². The Balaban J connectivity index is 2.55. The Kier molecular flexibility index (Phi) is 2.55. The molecule has 2 N–H and O–H groups in total. The summed E-state index contributed by atoms with van der Waals surface area (Å²) in [6.07, 6.45) is 0. The van der Waals surface area contributed by atoms with Gasteiger partial charge >= 0.3 is 0 Å². The van der Waals surface area contributed by atoms with E-state index in [4.69, 9.17) is 10.4 Å². The summed E-state index contributed by atoms with van der Waals surface area (Å²) < 4.78 is 0. The Morgan fingerprint density at radius 2 is 2.60 bits per heavy atom. The molecule has 0 amide bonds. The van der Waals surface area contributed by atoms with E-state index < -0.39 is 5.54 Å². The van der Waals surface area contributed by atoms with Gasteiger partial charge in [-0.2, -0.15) is 17.0 Å². The lowest BCUT2D eigenvalue weighted by Gasteiger charge is -2.29. The van der Waals surface area contributed by atoms with Gasteiger partial charge in [-0.3, -0.25) is 5.32 Å². The van der Waals surface area contributed by atoms with Gasteiger partial charge < -0.3 is 5.11 Å². The highest BCUT2D eigenvalue weighted by Crippen LogP contribution is 2.16. The van der Waals surface area contributed by atoms with Gasteiger partial charge in [-0.1, -0.05) is 0 Å². The van der Waals surface area contributed by atoms with Gasteiger partial charge in [0.05, 0.1) is 12.7 Å². The van der Waals surface area contributed by atoms with Gasteiger partial charge in [0.2, 0.25) is 0 Å². The van der Waals surface area contributed by atoms with Crippen LogP contribution in [-0.2, 0) is 0 Å². The maximum atomic E-state index is 8.84. The molecule has 0 unspecified atom stereocenters. The number of aliphatic hydroxyl groups is 1. The quantitative estimate of drug-likeness (QED) is 0.544. The van der Waals surface area contributed by atoms with Crippen LogP contribution in [0.5, 0.6) is 0 Å². The predicted octanol–water partition coefficient (Wildman–Crippen LogP) is -0.423. The highest BCUT2D eigenvalue weighted by molar-refractivity contribution is 7.99. The summed E-state index contributed by atoms with van der Waals surface area (Å²) in [6.45, 7) is 0.731. The van der Waals surface area contributed by atoms with Gasteiger partial charge in [-0.05, 0) is 0 Å². The van der Waals surface area contributed by atoms with Gasteiger partial charge in [0.25, 0.3) is 0 Å². The first-order chi connectivity index (χ1) is 4.83. The predicted molar refractivity (Wildman–Crippen MR) is 40.8 cm³/mol. The molecule has 0 radical (unpaired) electrons. The molecule has 1 aliphatic heterocycles. The molecule has 3 nitrogen and oxygen atoms in total. The van der Waals surface area contributed by atoms with E-state index in [0.29, 0.717) is 5.75 Å². The van der Waals surface area contributed by atoms with Crippen molar-refractivity contribution in [1.82, 2.24) is 5.32 Å². The standard InChI is InChI=1S/C6H10N2OS/c7-3-6(4-9)5-10-2-1-8-6/h8-9H,1-2,4-5H2/t6-/m1/s1. The lowest BCUT2D eigenvalue weighted by Crippen LogP contribution is -2.53. The fraction of sp³-hybridized carbons (Fsp3) is 0.833. The smallest absolute Gasteiger partial charge is 0.139 e. The topological polar surface area (TPSA) is 56.0 Å². The number of thioether (sulfide) groups is 1. The second-order valence-electron chi connectivity index (χ2n) is 2.33. The molecule has 0 aromatic heterocycles. The molecule has 0 aromatic rings. The molecule has 0 aromatic carbocycles. The number of aliphatic hydroxyl groups excluding tert-OH is 1. The van der Waals surface area contributed by atoms with Crippen LogP contribution in [0.4, 0.5) is 0 Å². The number of hydrogen-bond donors (Lipinski definition) is 2. The van der Waals surface area contributed by atoms with E-state index in [9.17, 15) is 0 Å². The highest BCUT2D eigenvalue weighted by Gasteiger charge is 2.30. The third kappa shape index (κ3) is 1.43. The van der Waals surface area contributed by atoms with Crippen molar-refractivity contribution in [2.24, 2.45) is 0 Å². The highest BCUT2D eigenvalue weighted by atomic mass is 32.2. The molecule has 1 atom stereocenters.